The van der Waals surface area contributed by atoms with Crippen molar-refractivity contribution in [2.24, 2.45) is 0 Å². The smallest absolute Gasteiger partial charge is 0.265 e. The minimum atomic E-state index is -0.572. The molecule has 3 nitrogen and oxygen atoms in total. The van der Waals surface area contributed by atoms with Gasteiger partial charge >= 0.3 is 0 Å². The lowest BCUT2D eigenvalue weighted by Gasteiger charge is -2.15. The minimum Gasteiger partial charge on any atom is -0.481 e. The van der Waals surface area contributed by atoms with Crippen LogP contribution in [0.3, 0.4) is 0 Å². The Hall–Kier alpha value is -2.81. The van der Waals surface area contributed by atoms with Gasteiger partial charge < -0.3 is 10.1 Å². The van der Waals surface area contributed by atoms with Gasteiger partial charge in [-0.3, -0.25) is 4.79 Å². The average Bonchev–Trinajstić information content (AvgIpc) is 2.62. The summed E-state index contributed by atoms with van der Waals surface area (Å²) in [6.45, 7) is 3.86. The molecule has 0 heterocycles. The number of fused-ring (bicyclic) bond motifs is 1. The molecule has 0 radical (unpaired) electrons. The van der Waals surface area contributed by atoms with Crippen LogP contribution in [0.5, 0.6) is 5.75 Å². The predicted molar refractivity (Wildman–Crippen MR) is 98.5 cm³/mol. The number of aryl methyl sites for hydroxylation is 1. The molecule has 3 rings (SSSR count). The molecule has 0 unspecified atom stereocenters. The van der Waals surface area contributed by atoms with Gasteiger partial charge in [-0.15, -0.1) is 0 Å². The first kappa shape index (κ1) is 16.1. The molecule has 0 aliphatic carbocycles. The number of carbonyl (C=O) groups is 1. The number of hydrogen-bond donors (Lipinski definition) is 1. The molecule has 3 heteroatoms. The lowest BCUT2D eigenvalue weighted by molar-refractivity contribution is -0.122. The summed E-state index contributed by atoms with van der Waals surface area (Å²) in [4.78, 5) is 12.3. The third kappa shape index (κ3) is 3.74. The topological polar surface area (TPSA) is 38.3 Å². The first-order valence-electron chi connectivity index (χ1n) is 8.21. The molecular weight excluding hydrogens is 298 g/mol. The van der Waals surface area contributed by atoms with Crippen LogP contribution in [-0.2, 0) is 11.2 Å². The predicted octanol–water partition coefficient (Wildman–Crippen LogP) is 4.81. The number of anilines is 1. The van der Waals surface area contributed by atoms with Gasteiger partial charge in [0, 0.05) is 5.69 Å². The SMILES string of the molecule is CCc1ccc(NC(=O)[C@H](C)Oc2ccc3ccccc3c2)cc1. The van der Waals surface area contributed by atoms with Gasteiger partial charge in [-0.1, -0.05) is 49.4 Å². The van der Waals surface area contributed by atoms with Crippen LogP contribution in [0.2, 0.25) is 0 Å². The standard InChI is InChI=1S/C21H21NO2/c1-3-16-8-11-19(12-9-16)22-21(23)15(2)24-20-13-10-17-6-4-5-7-18(17)14-20/h4-15H,3H2,1-2H3,(H,22,23)/t15-/m0/s1. The van der Waals surface area contributed by atoms with Crippen molar-refractivity contribution in [3.05, 3.63) is 72.3 Å². The van der Waals surface area contributed by atoms with Crippen LogP contribution >= 0.6 is 0 Å². The van der Waals surface area contributed by atoms with E-state index in [1.807, 2.05) is 60.7 Å². The van der Waals surface area contributed by atoms with E-state index in [1.165, 1.54) is 5.56 Å². The van der Waals surface area contributed by atoms with Gasteiger partial charge in [0.25, 0.3) is 5.91 Å². The second-order valence-electron chi connectivity index (χ2n) is 5.81. The second kappa shape index (κ2) is 7.18. The molecule has 0 saturated carbocycles. The highest BCUT2D eigenvalue weighted by Crippen LogP contribution is 2.21. The Morgan fingerprint density at radius 1 is 1.00 bits per heavy atom. The molecule has 0 aliphatic rings. The monoisotopic (exact) mass is 319 g/mol. The highest BCUT2D eigenvalue weighted by atomic mass is 16.5. The fourth-order valence-electron chi connectivity index (χ4n) is 2.57. The zero-order chi connectivity index (χ0) is 16.9. The van der Waals surface area contributed by atoms with Gasteiger partial charge in [0.1, 0.15) is 5.75 Å². The Morgan fingerprint density at radius 3 is 2.42 bits per heavy atom. The second-order valence-corrected chi connectivity index (χ2v) is 5.81. The fourth-order valence-corrected chi connectivity index (χ4v) is 2.57. The van der Waals surface area contributed by atoms with Crippen LogP contribution < -0.4 is 10.1 Å². The third-order valence-corrected chi connectivity index (χ3v) is 4.03. The highest BCUT2D eigenvalue weighted by molar-refractivity contribution is 5.94. The Morgan fingerprint density at radius 2 is 1.71 bits per heavy atom. The van der Waals surface area contributed by atoms with Crippen molar-refractivity contribution in [3.8, 4) is 5.75 Å². The van der Waals surface area contributed by atoms with E-state index in [0.29, 0.717) is 5.75 Å². The summed E-state index contributed by atoms with van der Waals surface area (Å²) >= 11 is 0. The van der Waals surface area contributed by atoms with Crippen molar-refractivity contribution >= 4 is 22.4 Å². The Bertz CT molecular complexity index is 840. The maximum atomic E-state index is 12.3. The summed E-state index contributed by atoms with van der Waals surface area (Å²) in [6, 6.07) is 21.8. The Balaban J connectivity index is 1.65. The van der Waals surface area contributed by atoms with E-state index in [0.717, 1.165) is 22.9 Å². The van der Waals surface area contributed by atoms with Gasteiger partial charge in [-0.05, 0) is 53.9 Å². The van der Waals surface area contributed by atoms with Crippen molar-refractivity contribution in [2.75, 3.05) is 5.32 Å². The van der Waals surface area contributed by atoms with Gasteiger partial charge in [0.05, 0.1) is 0 Å². The number of benzene rings is 3. The Kier molecular flexibility index (Phi) is 4.80. The van der Waals surface area contributed by atoms with Gasteiger partial charge in [0.15, 0.2) is 6.10 Å². The summed E-state index contributed by atoms with van der Waals surface area (Å²) < 4.78 is 5.79. The fraction of sp³-hybridized carbons (Fsp3) is 0.190. The van der Waals surface area contributed by atoms with Crippen LogP contribution in [0.25, 0.3) is 10.8 Å². The average molecular weight is 319 g/mol. The molecule has 0 aliphatic heterocycles. The normalized spacial score (nSPS) is 11.9. The number of amides is 1. The zero-order valence-corrected chi connectivity index (χ0v) is 14.0. The van der Waals surface area contributed by atoms with Crippen LogP contribution in [0.1, 0.15) is 19.4 Å². The maximum absolute atomic E-state index is 12.3. The third-order valence-electron chi connectivity index (χ3n) is 4.03. The van der Waals surface area contributed by atoms with E-state index in [1.54, 1.807) is 6.92 Å². The van der Waals surface area contributed by atoms with Crippen LogP contribution in [0.4, 0.5) is 5.69 Å². The Labute approximate surface area is 142 Å². The molecular formula is C21H21NO2. The highest BCUT2D eigenvalue weighted by Gasteiger charge is 2.15. The minimum absolute atomic E-state index is 0.160. The summed E-state index contributed by atoms with van der Waals surface area (Å²) in [6.07, 6.45) is 0.410. The van der Waals surface area contributed by atoms with Crippen LogP contribution in [0, 0.1) is 0 Å². The van der Waals surface area contributed by atoms with Crippen molar-refractivity contribution < 1.29 is 9.53 Å². The summed E-state index contributed by atoms with van der Waals surface area (Å²) in [7, 11) is 0. The molecule has 1 atom stereocenters. The molecule has 0 fully saturated rings. The summed E-state index contributed by atoms with van der Waals surface area (Å²) in [5, 5.41) is 5.13. The molecule has 3 aromatic rings. The molecule has 0 bridgehead atoms. The molecule has 0 aromatic heterocycles. The van der Waals surface area contributed by atoms with E-state index >= 15 is 0 Å². The van der Waals surface area contributed by atoms with Crippen molar-refractivity contribution in [3.63, 3.8) is 0 Å². The number of rotatable bonds is 5. The van der Waals surface area contributed by atoms with E-state index in [4.69, 9.17) is 4.74 Å². The number of ether oxygens (including phenoxy) is 1. The van der Waals surface area contributed by atoms with Crippen molar-refractivity contribution in [1.29, 1.82) is 0 Å². The number of nitrogens with one attached hydrogen (secondary N) is 1. The van der Waals surface area contributed by atoms with Crippen LogP contribution in [0.15, 0.2) is 66.7 Å². The number of hydrogen-bond acceptors (Lipinski definition) is 2. The summed E-state index contributed by atoms with van der Waals surface area (Å²) in [5.41, 5.74) is 2.03. The van der Waals surface area contributed by atoms with E-state index in [9.17, 15) is 4.79 Å². The van der Waals surface area contributed by atoms with Gasteiger partial charge in [0.2, 0.25) is 0 Å². The molecule has 3 aromatic carbocycles. The molecule has 0 spiro atoms. The first-order valence-corrected chi connectivity index (χ1v) is 8.21. The van der Waals surface area contributed by atoms with Crippen LogP contribution in [-0.4, -0.2) is 12.0 Å². The van der Waals surface area contributed by atoms with E-state index < -0.39 is 6.10 Å². The quantitative estimate of drug-likeness (QED) is 0.733. The first-order chi connectivity index (χ1) is 11.7. The molecule has 24 heavy (non-hydrogen) atoms. The van der Waals surface area contributed by atoms with Gasteiger partial charge in [-0.25, -0.2) is 0 Å². The van der Waals surface area contributed by atoms with Gasteiger partial charge in [-0.2, -0.15) is 0 Å². The molecule has 0 saturated heterocycles. The van der Waals surface area contributed by atoms with Crippen molar-refractivity contribution in [1.82, 2.24) is 0 Å². The molecule has 1 amide bonds. The molecule has 1 N–H and O–H groups in total. The lowest BCUT2D eigenvalue weighted by Crippen LogP contribution is -2.30. The summed E-state index contributed by atoms with van der Waals surface area (Å²) in [5.74, 6) is 0.532. The lowest BCUT2D eigenvalue weighted by atomic mass is 10.1. The zero-order valence-electron chi connectivity index (χ0n) is 14.0. The maximum Gasteiger partial charge on any atom is 0.265 e. The van der Waals surface area contributed by atoms with E-state index in [-0.39, 0.29) is 5.91 Å². The number of carbonyl (C=O) groups excluding carboxylic acids is 1. The largest absolute Gasteiger partial charge is 0.481 e. The molecule has 122 valence electrons. The van der Waals surface area contributed by atoms with E-state index in [2.05, 4.69) is 18.3 Å². The van der Waals surface area contributed by atoms with Crippen molar-refractivity contribution in [2.45, 2.75) is 26.4 Å².